The van der Waals surface area contributed by atoms with Crippen LogP contribution >= 0.6 is 0 Å². The van der Waals surface area contributed by atoms with Crippen LogP contribution in [0.15, 0.2) is 24.3 Å². The molecule has 6 N–H and O–H groups in total. The number of aromatic carboxylic acids is 1. The SMILES string of the molecule is CC(=O)O.NCC(=O)O.O=C(O)c1ccccc1O.[Ca+2].[H-].[H-]. The average Bonchev–Trinajstić information content (AvgIpc) is 2.29. The van der Waals surface area contributed by atoms with Crippen LogP contribution in [0, 0.1) is 0 Å². The van der Waals surface area contributed by atoms with E-state index in [1.165, 1.54) is 12.1 Å². The largest absolute Gasteiger partial charge is 2.00 e. The molecule has 0 heterocycles. The van der Waals surface area contributed by atoms with Gasteiger partial charge in [0.2, 0.25) is 0 Å². The molecule has 1 rings (SSSR count). The summed E-state index contributed by atoms with van der Waals surface area (Å²) in [6.45, 7) is 0.806. The van der Waals surface area contributed by atoms with Crippen LogP contribution in [0.25, 0.3) is 0 Å². The minimum Gasteiger partial charge on any atom is -1.00 e. The number of carbonyl (C=O) groups is 3. The maximum Gasteiger partial charge on any atom is 2.00 e. The minimum atomic E-state index is -1.11. The third kappa shape index (κ3) is 16.6. The van der Waals surface area contributed by atoms with E-state index in [-0.39, 0.29) is 58.4 Å². The zero-order chi connectivity index (χ0) is 15.4. The van der Waals surface area contributed by atoms with Gasteiger partial charge in [-0.25, -0.2) is 4.79 Å². The molecule has 9 heteroatoms. The van der Waals surface area contributed by atoms with Crippen LogP contribution in [0.3, 0.4) is 0 Å². The van der Waals surface area contributed by atoms with E-state index < -0.39 is 17.9 Å². The molecule has 0 fully saturated rings. The average molecular weight is 315 g/mol. The van der Waals surface area contributed by atoms with Crippen LogP contribution in [0.1, 0.15) is 20.1 Å². The monoisotopic (exact) mass is 315 g/mol. The summed E-state index contributed by atoms with van der Waals surface area (Å²) in [6.07, 6.45) is 0. The van der Waals surface area contributed by atoms with Gasteiger partial charge < -0.3 is 29.0 Å². The number of aliphatic carboxylic acids is 2. The first-order chi connectivity index (χ1) is 8.72. The number of aromatic hydroxyl groups is 1. The zero-order valence-corrected chi connectivity index (χ0v) is 13.0. The Hall–Kier alpha value is -1.35. The number of carboxylic acids is 3. The summed E-state index contributed by atoms with van der Waals surface area (Å²) in [6, 6.07) is 5.81. The van der Waals surface area contributed by atoms with Crippen LogP contribution in [0.2, 0.25) is 0 Å². The molecule has 0 aliphatic heterocycles. The van der Waals surface area contributed by atoms with E-state index >= 15 is 0 Å². The maximum atomic E-state index is 10.3. The number of benzene rings is 1. The normalized spacial score (nSPS) is 7.70. The van der Waals surface area contributed by atoms with Crippen molar-refractivity contribution >= 4 is 55.6 Å². The van der Waals surface area contributed by atoms with Gasteiger partial charge in [-0.3, -0.25) is 9.59 Å². The Balaban J connectivity index is -0.0000000700. The van der Waals surface area contributed by atoms with Crippen molar-refractivity contribution in [1.29, 1.82) is 0 Å². The quantitative estimate of drug-likeness (QED) is 0.479. The second-order valence-electron chi connectivity index (χ2n) is 2.94. The first-order valence-corrected chi connectivity index (χ1v) is 4.85. The maximum absolute atomic E-state index is 10.3. The van der Waals surface area contributed by atoms with Gasteiger partial charge in [-0.15, -0.1) is 0 Å². The van der Waals surface area contributed by atoms with Crippen molar-refractivity contribution in [1.82, 2.24) is 0 Å². The number of nitrogens with two attached hydrogens (primary N) is 1. The third-order valence-corrected chi connectivity index (χ3v) is 1.31. The first kappa shape index (κ1) is 23.7. The van der Waals surface area contributed by atoms with Crippen molar-refractivity contribution in [2.24, 2.45) is 5.73 Å². The van der Waals surface area contributed by atoms with Crippen molar-refractivity contribution in [3.05, 3.63) is 29.8 Å². The molecule has 1 aromatic carbocycles. The van der Waals surface area contributed by atoms with Crippen molar-refractivity contribution in [3.8, 4) is 5.75 Å². The number of rotatable bonds is 2. The summed E-state index contributed by atoms with van der Waals surface area (Å²) < 4.78 is 0. The second kappa shape index (κ2) is 14.1. The Labute approximate surface area is 147 Å². The Morgan fingerprint density at radius 3 is 1.70 bits per heavy atom. The molecular weight excluding hydrogens is 298 g/mol. The summed E-state index contributed by atoms with van der Waals surface area (Å²) in [5.41, 5.74) is 4.50. The fourth-order valence-electron chi connectivity index (χ4n) is 0.654. The molecule has 0 atom stereocenters. The van der Waals surface area contributed by atoms with E-state index in [4.69, 9.17) is 25.2 Å². The molecule has 0 spiro atoms. The number of phenols is 1. The Kier molecular flexibility index (Phi) is 16.7. The molecule has 1 aromatic rings. The fraction of sp³-hybridized carbons (Fsp3) is 0.182. The van der Waals surface area contributed by atoms with Crippen LogP contribution in [-0.4, -0.2) is 82.6 Å². The van der Waals surface area contributed by atoms with Crippen molar-refractivity contribution in [3.63, 3.8) is 0 Å². The summed E-state index contributed by atoms with van der Waals surface area (Å²) in [5, 5.41) is 32.3. The van der Waals surface area contributed by atoms with E-state index in [2.05, 4.69) is 5.73 Å². The minimum absolute atomic E-state index is 0. The number of carboxylic acid groups (broad SMARTS) is 3. The second-order valence-corrected chi connectivity index (χ2v) is 2.94. The van der Waals surface area contributed by atoms with E-state index in [0.717, 1.165) is 6.92 Å². The van der Waals surface area contributed by atoms with Gasteiger partial charge in [-0.05, 0) is 12.1 Å². The van der Waals surface area contributed by atoms with Crippen LogP contribution in [0.4, 0.5) is 0 Å². The molecule has 0 amide bonds. The summed E-state index contributed by atoms with van der Waals surface area (Å²) >= 11 is 0. The first-order valence-electron chi connectivity index (χ1n) is 4.85. The number of hydrogen-bond acceptors (Lipinski definition) is 5. The summed E-state index contributed by atoms with van der Waals surface area (Å²) in [4.78, 5) is 28.5. The molecule has 0 aromatic heterocycles. The van der Waals surface area contributed by atoms with Crippen molar-refractivity contribution < 1.29 is 37.7 Å². The Bertz CT molecular complexity index is 442. The smallest absolute Gasteiger partial charge is 1.00 e. The molecule has 0 saturated heterocycles. The molecule has 110 valence electrons. The van der Waals surface area contributed by atoms with Gasteiger partial charge in [-0.1, -0.05) is 12.1 Å². The van der Waals surface area contributed by atoms with Gasteiger partial charge in [0.25, 0.3) is 5.97 Å². The molecule has 0 bridgehead atoms. The van der Waals surface area contributed by atoms with Gasteiger partial charge in [0.1, 0.15) is 11.3 Å². The van der Waals surface area contributed by atoms with E-state index in [9.17, 15) is 9.59 Å². The Morgan fingerprint density at radius 2 is 1.50 bits per heavy atom. The fourth-order valence-corrected chi connectivity index (χ4v) is 0.654. The van der Waals surface area contributed by atoms with Gasteiger partial charge in [0.05, 0.1) is 6.54 Å². The molecule has 0 radical (unpaired) electrons. The van der Waals surface area contributed by atoms with Gasteiger partial charge in [0, 0.05) is 6.92 Å². The molecule has 0 aliphatic rings. The van der Waals surface area contributed by atoms with E-state index in [1.807, 2.05) is 0 Å². The number of para-hydroxylation sites is 1. The van der Waals surface area contributed by atoms with Gasteiger partial charge >= 0.3 is 49.7 Å². The van der Waals surface area contributed by atoms with Gasteiger partial charge in [-0.2, -0.15) is 0 Å². The molecule has 0 aliphatic carbocycles. The topological polar surface area (TPSA) is 158 Å². The summed E-state index contributed by atoms with van der Waals surface area (Å²) in [5.74, 6) is -3.11. The standard InChI is InChI=1S/C7H6O3.C2H5NO2.C2H4O2.Ca.2H/c8-6-4-2-1-3-5(6)7(9)10;3-1-2(4)5;1-2(3)4;;;/h1-4,8H,(H,9,10);1,3H2,(H,4,5);1H3,(H,3,4);;;/q;;;+2;2*-1. The Morgan fingerprint density at radius 1 is 1.15 bits per heavy atom. The van der Waals surface area contributed by atoms with Crippen molar-refractivity contribution in [2.75, 3.05) is 6.54 Å². The zero-order valence-electron chi connectivity index (χ0n) is 12.8. The van der Waals surface area contributed by atoms with Gasteiger partial charge in [0.15, 0.2) is 0 Å². The van der Waals surface area contributed by atoms with Crippen molar-refractivity contribution in [2.45, 2.75) is 6.92 Å². The molecule has 0 saturated carbocycles. The number of hydrogen-bond donors (Lipinski definition) is 5. The molecular formula is C11H17CaNO7. The third-order valence-electron chi connectivity index (χ3n) is 1.31. The predicted molar refractivity (Wildman–Crippen MR) is 73.0 cm³/mol. The molecule has 8 nitrogen and oxygen atoms in total. The molecule has 0 unspecified atom stereocenters. The van der Waals surface area contributed by atoms with Crippen LogP contribution in [0.5, 0.6) is 5.75 Å². The van der Waals surface area contributed by atoms with Crippen LogP contribution in [-0.2, 0) is 9.59 Å². The molecule has 20 heavy (non-hydrogen) atoms. The van der Waals surface area contributed by atoms with E-state index in [0.29, 0.717) is 0 Å². The van der Waals surface area contributed by atoms with Crippen LogP contribution < -0.4 is 5.73 Å². The predicted octanol–water partition coefficient (Wildman–Crippen LogP) is 0.0552. The van der Waals surface area contributed by atoms with E-state index in [1.54, 1.807) is 12.1 Å². The summed E-state index contributed by atoms with van der Waals surface area (Å²) in [7, 11) is 0.